The second-order valence-corrected chi connectivity index (χ2v) is 7.54. The normalized spacial score (nSPS) is 20.7. The summed E-state index contributed by atoms with van der Waals surface area (Å²) in [6.45, 7) is -0.238. The Kier molecular flexibility index (Phi) is 5.20. The Morgan fingerprint density at radius 1 is 1.00 bits per heavy atom. The van der Waals surface area contributed by atoms with Gasteiger partial charge in [0.2, 0.25) is 0 Å². The minimum absolute atomic E-state index is 0.211. The molecule has 2 aliphatic rings. The van der Waals surface area contributed by atoms with Gasteiger partial charge in [0.15, 0.2) is 0 Å². The molecule has 1 heterocycles. The number of amides is 3. The van der Waals surface area contributed by atoms with Gasteiger partial charge in [-0.25, -0.2) is 9.40 Å². The smallest absolute Gasteiger partial charge is 0.272 e. The fraction of sp³-hybridized carbons (Fsp3) is 0.227. The molecule has 1 fully saturated rings. The van der Waals surface area contributed by atoms with E-state index in [1.165, 1.54) is 30.3 Å². The number of imide groups is 1. The minimum atomic E-state index is -0.571. The molecule has 1 saturated heterocycles. The van der Waals surface area contributed by atoms with Crippen LogP contribution < -0.4 is 0 Å². The van der Waals surface area contributed by atoms with Crippen molar-refractivity contribution in [1.82, 2.24) is 10.0 Å². The van der Waals surface area contributed by atoms with Crippen LogP contribution in [0.4, 0.5) is 4.39 Å². The molecule has 3 amide bonds. The first-order valence-electron chi connectivity index (χ1n) is 9.31. The lowest BCUT2D eigenvalue weighted by Crippen LogP contribution is -2.50. The summed E-state index contributed by atoms with van der Waals surface area (Å²) in [7, 11) is 0. The van der Waals surface area contributed by atoms with Crippen molar-refractivity contribution in [1.29, 1.82) is 0 Å². The molecule has 2 atom stereocenters. The minimum Gasteiger partial charge on any atom is -0.272 e. The van der Waals surface area contributed by atoms with Gasteiger partial charge >= 0.3 is 0 Å². The van der Waals surface area contributed by atoms with E-state index in [0.717, 1.165) is 10.0 Å². The van der Waals surface area contributed by atoms with Crippen LogP contribution in [-0.4, -0.2) is 27.7 Å². The molecular weight excluding hydrogens is 395 g/mol. The molecular formula is C22H18ClFN2O3. The molecule has 0 radical (unpaired) electrons. The molecule has 0 unspecified atom stereocenters. The summed E-state index contributed by atoms with van der Waals surface area (Å²) < 4.78 is 14.3. The van der Waals surface area contributed by atoms with Gasteiger partial charge in [0.25, 0.3) is 17.7 Å². The van der Waals surface area contributed by atoms with Gasteiger partial charge in [-0.2, -0.15) is 5.01 Å². The highest BCUT2D eigenvalue weighted by Gasteiger charge is 2.50. The largest absolute Gasteiger partial charge is 0.273 e. The predicted molar refractivity (Wildman–Crippen MR) is 105 cm³/mol. The van der Waals surface area contributed by atoms with Crippen molar-refractivity contribution in [2.75, 3.05) is 0 Å². The van der Waals surface area contributed by atoms with Crippen LogP contribution in [0.1, 0.15) is 28.8 Å². The molecule has 0 aromatic heterocycles. The van der Waals surface area contributed by atoms with Crippen molar-refractivity contribution in [3.8, 4) is 0 Å². The molecule has 1 aliphatic heterocycles. The zero-order chi connectivity index (χ0) is 20.5. The highest BCUT2D eigenvalue weighted by Crippen LogP contribution is 2.36. The van der Waals surface area contributed by atoms with Gasteiger partial charge in [0.1, 0.15) is 5.82 Å². The molecule has 7 heteroatoms. The van der Waals surface area contributed by atoms with Gasteiger partial charge in [-0.3, -0.25) is 14.4 Å². The summed E-state index contributed by atoms with van der Waals surface area (Å²) in [5.74, 6) is -2.92. The van der Waals surface area contributed by atoms with Crippen LogP contribution in [0.15, 0.2) is 60.7 Å². The fourth-order valence-electron chi connectivity index (χ4n) is 3.78. The zero-order valence-electron chi connectivity index (χ0n) is 15.4. The lowest BCUT2D eigenvalue weighted by atomic mass is 9.85. The number of rotatable bonds is 4. The highest BCUT2D eigenvalue weighted by atomic mass is 35.5. The summed E-state index contributed by atoms with van der Waals surface area (Å²) in [4.78, 5) is 39.3. The van der Waals surface area contributed by atoms with Crippen molar-refractivity contribution >= 4 is 29.3 Å². The van der Waals surface area contributed by atoms with Gasteiger partial charge in [-0.15, -0.1) is 0 Å². The van der Waals surface area contributed by atoms with Crippen molar-refractivity contribution < 1.29 is 18.8 Å². The average Bonchev–Trinajstić information content (AvgIpc) is 2.98. The number of nitrogens with zero attached hydrogens (tertiary/aromatic N) is 2. The molecule has 0 saturated carbocycles. The monoisotopic (exact) mass is 412 g/mol. The van der Waals surface area contributed by atoms with Gasteiger partial charge in [0.05, 0.1) is 18.4 Å². The number of halogens is 2. The molecule has 0 N–H and O–H groups in total. The van der Waals surface area contributed by atoms with E-state index in [1.54, 1.807) is 18.2 Å². The maximum Gasteiger partial charge on any atom is 0.273 e. The molecule has 5 nitrogen and oxygen atoms in total. The van der Waals surface area contributed by atoms with E-state index in [0.29, 0.717) is 17.9 Å². The standard InChI is InChI=1S/C22H18ClFN2O3/c23-16-11-9-14(10-12-16)20(27)25(13-15-5-1-4-8-19(15)24)26-21(28)17-6-2-3-7-18(17)22(26)29/h1-5,8-12,17-18H,6-7,13H2/t17-,18+. The zero-order valence-corrected chi connectivity index (χ0v) is 16.2. The number of allylic oxidation sites excluding steroid dienone is 2. The number of hydrazine groups is 1. The first-order chi connectivity index (χ1) is 14.0. The van der Waals surface area contributed by atoms with Crippen LogP contribution >= 0.6 is 11.6 Å². The maximum atomic E-state index is 14.3. The van der Waals surface area contributed by atoms with Crippen molar-refractivity contribution in [3.05, 3.63) is 82.6 Å². The van der Waals surface area contributed by atoms with Gasteiger partial charge in [-0.05, 0) is 43.2 Å². The maximum absolute atomic E-state index is 14.3. The SMILES string of the molecule is O=C(c1ccc(Cl)cc1)N(Cc1ccccc1F)N1C(=O)[C@H]2CC=CC[C@H]2C1=O. The molecule has 148 valence electrons. The number of carbonyl (C=O) groups is 3. The summed E-state index contributed by atoms with van der Waals surface area (Å²) in [6.07, 6.45) is 4.65. The van der Waals surface area contributed by atoms with Crippen LogP contribution in [0.25, 0.3) is 0 Å². The Hall–Kier alpha value is -2.99. The first-order valence-corrected chi connectivity index (χ1v) is 9.68. The summed E-state index contributed by atoms with van der Waals surface area (Å²) in [6, 6.07) is 12.1. The quantitative estimate of drug-likeness (QED) is 0.563. The van der Waals surface area contributed by atoms with Crippen molar-refractivity contribution in [2.24, 2.45) is 11.8 Å². The number of benzene rings is 2. The van der Waals surface area contributed by atoms with E-state index >= 15 is 0 Å². The first kappa shape index (κ1) is 19.3. The van der Waals surface area contributed by atoms with Crippen LogP contribution in [0, 0.1) is 17.7 Å². The van der Waals surface area contributed by atoms with Crippen molar-refractivity contribution in [2.45, 2.75) is 19.4 Å². The second-order valence-electron chi connectivity index (χ2n) is 7.11. The third-order valence-electron chi connectivity index (χ3n) is 5.33. The Labute approximate surface area is 172 Å². The lowest BCUT2D eigenvalue weighted by molar-refractivity contribution is -0.155. The Bertz CT molecular complexity index is 979. The number of carbonyl (C=O) groups excluding carboxylic acids is 3. The topological polar surface area (TPSA) is 57.7 Å². The fourth-order valence-corrected chi connectivity index (χ4v) is 3.91. The van der Waals surface area contributed by atoms with E-state index in [-0.39, 0.29) is 17.7 Å². The molecule has 1 aliphatic carbocycles. The number of hydrogen-bond acceptors (Lipinski definition) is 3. The van der Waals surface area contributed by atoms with Crippen molar-refractivity contribution in [3.63, 3.8) is 0 Å². The predicted octanol–water partition coefficient (Wildman–Crippen LogP) is 3.99. The highest BCUT2D eigenvalue weighted by molar-refractivity contribution is 6.30. The third-order valence-corrected chi connectivity index (χ3v) is 5.58. The Morgan fingerprint density at radius 2 is 1.59 bits per heavy atom. The molecule has 29 heavy (non-hydrogen) atoms. The lowest BCUT2D eigenvalue weighted by Gasteiger charge is -2.30. The van der Waals surface area contributed by atoms with E-state index in [4.69, 9.17) is 11.6 Å². The van der Waals surface area contributed by atoms with Gasteiger partial charge in [0, 0.05) is 16.1 Å². The Balaban J connectivity index is 1.73. The van der Waals surface area contributed by atoms with E-state index in [2.05, 4.69) is 0 Å². The van der Waals surface area contributed by atoms with E-state index in [9.17, 15) is 18.8 Å². The van der Waals surface area contributed by atoms with Crippen LogP contribution in [0.3, 0.4) is 0 Å². The molecule has 0 bridgehead atoms. The summed E-state index contributed by atoms with van der Waals surface area (Å²) in [5.41, 5.74) is 0.461. The van der Waals surface area contributed by atoms with Crippen LogP contribution in [0.5, 0.6) is 0 Å². The third kappa shape index (κ3) is 3.56. The summed E-state index contributed by atoms with van der Waals surface area (Å²) >= 11 is 5.90. The molecule has 0 spiro atoms. The molecule has 4 rings (SSSR count). The molecule has 2 aromatic carbocycles. The number of hydrogen-bond donors (Lipinski definition) is 0. The number of fused-ring (bicyclic) bond motifs is 1. The Morgan fingerprint density at radius 3 is 2.17 bits per heavy atom. The summed E-state index contributed by atoms with van der Waals surface area (Å²) in [5, 5.41) is 2.41. The van der Waals surface area contributed by atoms with E-state index < -0.39 is 35.4 Å². The van der Waals surface area contributed by atoms with Crippen LogP contribution in [-0.2, 0) is 16.1 Å². The second kappa shape index (κ2) is 7.79. The van der Waals surface area contributed by atoms with Gasteiger partial charge < -0.3 is 0 Å². The van der Waals surface area contributed by atoms with E-state index in [1.807, 2.05) is 12.2 Å². The average molecular weight is 413 g/mol. The van der Waals surface area contributed by atoms with Crippen LogP contribution in [0.2, 0.25) is 5.02 Å². The van der Waals surface area contributed by atoms with Gasteiger partial charge in [-0.1, -0.05) is 42.0 Å². The molecule has 2 aromatic rings.